The number of amides is 1. The summed E-state index contributed by atoms with van der Waals surface area (Å²) >= 11 is 8.97. The molecule has 0 saturated heterocycles. The fourth-order valence-corrected chi connectivity index (χ4v) is 5.14. The third-order valence-corrected chi connectivity index (χ3v) is 7.46. The van der Waals surface area contributed by atoms with Crippen molar-refractivity contribution in [1.82, 2.24) is 9.97 Å². The molecule has 0 aliphatic heterocycles. The highest BCUT2D eigenvalue weighted by Gasteiger charge is 2.15. The van der Waals surface area contributed by atoms with Gasteiger partial charge < -0.3 is 5.32 Å². The van der Waals surface area contributed by atoms with E-state index in [-0.39, 0.29) is 27.3 Å². The average molecular weight is 442 g/mol. The van der Waals surface area contributed by atoms with Gasteiger partial charge in [0, 0.05) is 16.5 Å². The van der Waals surface area contributed by atoms with Crippen molar-refractivity contribution in [2.75, 3.05) is 17.3 Å². The normalized spacial score (nSPS) is 11.7. The van der Waals surface area contributed by atoms with Gasteiger partial charge in [-0.2, -0.15) is 0 Å². The quantitative estimate of drug-likeness (QED) is 0.473. The minimum atomic E-state index is -3.39. The second kappa shape index (κ2) is 7.75. The first-order valence-electron chi connectivity index (χ1n) is 7.80. The molecule has 1 amide bonds. The van der Waals surface area contributed by atoms with E-state index in [4.69, 9.17) is 11.6 Å². The van der Waals surface area contributed by atoms with Crippen molar-refractivity contribution in [3.8, 4) is 0 Å². The molecule has 0 radical (unpaired) electrons. The van der Waals surface area contributed by atoms with Gasteiger partial charge in [0.1, 0.15) is 16.2 Å². The number of anilines is 1. The molecular formula is C17H16ClN3O3S3. The van der Waals surface area contributed by atoms with E-state index in [1.54, 1.807) is 11.3 Å². The number of hydrogen-bond acceptors (Lipinski definition) is 7. The number of carbonyl (C=O) groups excluding carboxylic acids is 1. The molecule has 0 atom stereocenters. The topological polar surface area (TPSA) is 89.0 Å². The minimum Gasteiger partial charge on any atom is -0.324 e. The smallest absolute Gasteiger partial charge is 0.234 e. The lowest BCUT2D eigenvalue weighted by molar-refractivity contribution is -0.113. The molecule has 2 heterocycles. The molecule has 27 heavy (non-hydrogen) atoms. The summed E-state index contributed by atoms with van der Waals surface area (Å²) in [7, 11) is -3.39. The van der Waals surface area contributed by atoms with Crippen molar-refractivity contribution >= 4 is 66.3 Å². The molecule has 0 saturated carbocycles. The standard InChI is InChI=1S/C17H16ClN3O3S3/c1-9-10(2)26-17-15(9)16(19-8-20-17)25-7-14(22)21-13-6-11(27(3,23)24)4-5-12(13)18/h4-6,8H,7H2,1-3H3,(H,21,22). The van der Waals surface area contributed by atoms with Crippen LogP contribution in [-0.2, 0) is 14.6 Å². The highest BCUT2D eigenvalue weighted by Crippen LogP contribution is 2.34. The predicted molar refractivity (Wildman–Crippen MR) is 111 cm³/mol. The van der Waals surface area contributed by atoms with Crippen LogP contribution in [0.4, 0.5) is 5.69 Å². The maximum atomic E-state index is 12.3. The van der Waals surface area contributed by atoms with E-state index in [9.17, 15) is 13.2 Å². The summed E-state index contributed by atoms with van der Waals surface area (Å²) in [5.41, 5.74) is 1.38. The lowest BCUT2D eigenvalue weighted by Crippen LogP contribution is -2.15. The molecule has 0 aliphatic carbocycles. The predicted octanol–water partition coefficient (Wildman–Crippen LogP) is 4.10. The van der Waals surface area contributed by atoms with Gasteiger partial charge in [0.05, 0.1) is 21.4 Å². The van der Waals surface area contributed by atoms with Crippen LogP contribution in [0.5, 0.6) is 0 Å². The fourth-order valence-electron chi connectivity index (χ4n) is 2.41. The Morgan fingerprint density at radius 3 is 2.74 bits per heavy atom. The second-order valence-electron chi connectivity index (χ2n) is 5.89. The van der Waals surface area contributed by atoms with Crippen molar-refractivity contribution in [3.05, 3.63) is 40.0 Å². The van der Waals surface area contributed by atoms with E-state index in [2.05, 4.69) is 15.3 Å². The van der Waals surface area contributed by atoms with Gasteiger partial charge in [-0.1, -0.05) is 23.4 Å². The van der Waals surface area contributed by atoms with Crippen LogP contribution in [-0.4, -0.2) is 36.3 Å². The molecule has 2 aromatic heterocycles. The van der Waals surface area contributed by atoms with Gasteiger partial charge in [0.15, 0.2) is 9.84 Å². The van der Waals surface area contributed by atoms with Crippen molar-refractivity contribution < 1.29 is 13.2 Å². The first kappa shape index (κ1) is 20.1. The Morgan fingerprint density at radius 1 is 1.30 bits per heavy atom. The minimum absolute atomic E-state index is 0.0942. The Morgan fingerprint density at radius 2 is 2.04 bits per heavy atom. The largest absolute Gasteiger partial charge is 0.324 e. The van der Waals surface area contributed by atoms with Gasteiger partial charge in [-0.3, -0.25) is 4.79 Å². The van der Waals surface area contributed by atoms with Gasteiger partial charge in [-0.05, 0) is 37.6 Å². The van der Waals surface area contributed by atoms with Crippen LogP contribution in [0.15, 0.2) is 34.4 Å². The van der Waals surface area contributed by atoms with Crippen LogP contribution in [0.2, 0.25) is 5.02 Å². The van der Waals surface area contributed by atoms with Crippen LogP contribution in [0, 0.1) is 13.8 Å². The summed E-state index contributed by atoms with van der Waals surface area (Å²) in [4.78, 5) is 23.1. The molecule has 0 aliphatic rings. The third kappa shape index (κ3) is 4.43. The zero-order valence-electron chi connectivity index (χ0n) is 14.7. The molecule has 10 heteroatoms. The lowest BCUT2D eigenvalue weighted by atomic mass is 10.2. The number of nitrogens with zero attached hydrogens (tertiary/aromatic N) is 2. The molecule has 1 aromatic carbocycles. The zero-order valence-corrected chi connectivity index (χ0v) is 17.9. The molecule has 6 nitrogen and oxygen atoms in total. The first-order chi connectivity index (χ1) is 12.7. The number of halogens is 1. The van der Waals surface area contributed by atoms with Crippen molar-refractivity contribution in [1.29, 1.82) is 0 Å². The van der Waals surface area contributed by atoms with Crippen LogP contribution in [0.25, 0.3) is 10.2 Å². The van der Waals surface area contributed by atoms with E-state index in [1.807, 2.05) is 13.8 Å². The summed E-state index contributed by atoms with van der Waals surface area (Å²) < 4.78 is 23.4. The number of nitrogens with one attached hydrogen (secondary N) is 1. The maximum absolute atomic E-state index is 12.3. The van der Waals surface area contributed by atoms with Gasteiger partial charge >= 0.3 is 0 Å². The number of benzene rings is 1. The Bertz CT molecular complexity index is 1140. The van der Waals surface area contributed by atoms with E-state index in [0.29, 0.717) is 0 Å². The zero-order chi connectivity index (χ0) is 19.8. The number of thioether (sulfide) groups is 1. The SMILES string of the molecule is Cc1sc2ncnc(SCC(=O)Nc3cc(S(C)(=O)=O)ccc3Cl)c2c1C. The number of thiophene rings is 1. The number of carbonyl (C=O) groups is 1. The van der Waals surface area contributed by atoms with Crippen molar-refractivity contribution in [3.63, 3.8) is 0 Å². The summed E-state index contributed by atoms with van der Waals surface area (Å²) in [6, 6.07) is 4.21. The first-order valence-corrected chi connectivity index (χ1v) is 11.9. The number of sulfone groups is 1. The highest BCUT2D eigenvalue weighted by molar-refractivity contribution is 8.00. The number of aryl methyl sites for hydroxylation is 2. The van der Waals surface area contributed by atoms with E-state index in [0.717, 1.165) is 27.1 Å². The third-order valence-electron chi connectivity index (χ3n) is 3.91. The molecule has 3 aromatic rings. The van der Waals surface area contributed by atoms with Crippen molar-refractivity contribution in [2.24, 2.45) is 0 Å². The Kier molecular flexibility index (Phi) is 5.76. The number of hydrogen-bond donors (Lipinski definition) is 1. The Balaban J connectivity index is 1.76. The molecular weight excluding hydrogens is 426 g/mol. The average Bonchev–Trinajstić information content (AvgIpc) is 2.89. The Hall–Kier alpha value is -1.68. The molecule has 142 valence electrons. The highest BCUT2D eigenvalue weighted by atomic mass is 35.5. The summed E-state index contributed by atoms with van der Waals surface area (Å²) in [5.74, 6) is -0.191. The van der Waals surface area contributed by atoms with Crippen LogP contribution in [0.3, 0.4) is 0 Å². The number of aromatic nitrogens is 2. The Labute approximate surface area is 170 Å². The van der Waals surface area contributed by atoms with Gasteiger partial charge in [0.25, 0.3) is 0 Å². The molecule has 0 spiro atoms. The number of rotatable bonds is 5. The number of fused-ring (bicyclic) bond motifs is 1. The summed E-state index contributed by atoms with van der Waals surface area (Å²) in [5, 5.41) is 4.65. The molecule has 1 N–H and O–H groups in total. The van der Waals surface area contributed by atoms with Gasteiger partial charge in [-0.25, -0.2) is 18.4 Å². The van der Waals surface area contributed by atoms with Crippen molar-refractivity contribution in [2.45, 2.75) is 23.8 Å². The van der Waals surface area contributed by atoms with Crippen LogP contribution < -0.4 is 5.32 Å². The van der Waals surface area contributed by atoms with E-state index < -0.39 is 9.84 Å². The summed E-state index contributed by atoms with van der Waals surface area (Å²) in [6.07, 6.45) is 2.59. The molecule has 0 fully saturated rings. The van der Waals surface area contributed by atoms with Crippen LogP contribution >= 0.6 is 34.7 Å². The van der Waals surface area contributed by atoms with Crippen LogP contribution in [0.1, 0.15) is 10.4 Å². The molecule has 3 rings (SSSR count). The second-order valence-corrected chi connectivity index (χ2v) is 10.5. The monoisotopic (exact) mass is 441 g/mol. The van der Waals surface area contributed by atoms with E-state index >= 15 is 0 Å². The van der Waals surface area contributed by atoms with Gasteiger partial charge in [-0.15, -0.1) is 11.3 Å². The maximum Gasteiger partial charge on any atom is 0.234 e. The fraction of sp³-hybridized carbons (Fsp3) is 0.235. The summed E-state index contributed by atoms with van der Waals surface area (Å²) in [6.45, 7) is 4.04. The van der Waals surface area contributed by atoms with E-state index in [1.165, 1.54) is 41.2 Å². The molecule has 0 bridgehead atoms. The molecule has 0 unspecified atom stereocenters. The van der Waals surface area contributed by atoms with Gasteiger partial charge in [0.2, 0.25) is 5.91 Å². The lowest BCUT2D eigenvalue weighted by Gasteiger charge is -2.09.